The van der Waals surface area contributed by atoms with Crippen LogP contribution in [0, 0.1) is 0 Å². The van der Waals surface area contributed by atoms with Crippen LogP contribution in [0.4, 0.5) is 0 Å². The molecule has 18 heavy (non-hydrogen) atoms. The summed E-state index contributed by atoms with van der Waals surface area (Å²) < 4.78 is 24.0. The molecule has 2 unspecified atom stereocenters. The van der Waals surface area contributed by atoms with Crippen molar-refractivity contribution in [3.05, 3.63) is 29.8 Å². The number of hydrogen-bond acceptors (Lipinski definition) is 4. The van der Waals surface area contributed by atoms with Gasteiger partial charge in [0.2, 0.25) is 0 Å². The highest BCUT2D eigenvalue weighted by Gasteiger charge is 2.30. The lowest BCUT2D eigenvalue weighted by atomic mass is 10.0. The first kappa shape index (κ1) is 13.9. The second-order valence-corrected chi connectivity index (χ2v) is 7.71. The summed E-state index contributed by atoms with van der Waals surface area (Å²) in [5.41, 5.74) is 0.928. The number of hydrogen-bond donors (Lipinski definition) is 1. The molecule has 3 nitrogen and oxygen atoms in total. The minimum Gasteiger partial charge on any atom is -0.307 e. The third-order valence-corrected chi connectivity index (χ3v) is 5.86. The monoisotopic (exact) mass is 285 g/mol. The number of benzene rings is 1. The maximum Gasteiger partial charge on any atom is 0.178 e. The van der Waals surface area contributed by atoms with Crippen molar-refractivity contribution in [2.24, 2.45) is 0 Å². The van der Waals surface area contributed by atoms with Crippen molar-refractivity contribution in [1.29, 1.82) is 0 Å². The van der Waals surface area contributed by atoms with Crippen molar-refractivity contribution in [1.82, 2.24) is 5.32 Å². The van der Waals surface area contributed by atoms with Gasteiger partial charge in [0.1, 0.15) is 0 Å². The zero-order valence-corrected chi connectivity index (χ0v) is 12.4. The molecule has 0 bridgehead atoms. The zero-order valence-electron chi connectivity index (χ0n) is 10.7. The van der Waals surface area contributed by atoms with Crippen LogP contribution in [0.3, 0.4) is 0 Å². The van der Waals surface area contributed by atoms with Gasteiger partial charge in [-0.15, -0.1) is 0 Å². The standard InChI is InChI=1S/C13H19NO2S2/c1-10(9-17-2)14-12-7-8-18(15,16)13-6-4-3-5-11(12)13/h3-6,10,12,14H,7-9H2,1-2H3. The molecule has 0 radical (unpaired) electrons. The Hall–Kier alpha value is -0.520. The molecule has 0 aliphatic carbocycles. The lowest BCUT2D eigenvalue weighted by Crippen LogP contribution is -2.36. The van der Waals surface area contributed by atoms with Crippen molar-refractivity contribution in [3.63, 3.8) is 0 Å². The molecule has 0 amide bonds. The maximum absolute atomic E-state index is 12.0. The Morgan fingerprint density at radius 2 is 2.17 bits per heavy atom. The topological polar surface area (TPSA) is 46.2 Å². The van der Waals surface area contributed by atoms with Crippen LogP contribution in [0.1, 0.15) is 24.9 Å². The van der Waals surface area contributed by atoms with Crippen molar-refractivity contribution >= 4 is 21.6 Å². The molecular weight excluding hydrogens is 266 g/mol. The van der Waals surface area contributed by atoms with Crippen LogP contribution in [-0.4, -0.2) is 32.2 Å². The molecule has 5 heteroatoms. The largest absolute Gasteiger partial charge is 0.307 e. The van der Waals surface area contributed by atoms with Gasteiger partial charge >= 0.3 is 0 Å². The average molecular weight is 285 g/mol. The minimum absolute atomic E-state index is 0.159. The molecule has 1 aromatic carbocycles. The molecule has 0 spiro atoms. The second kappa shape index (κ2) is 5.63. The number of thioether (sulfide) groups is 1. The van der Waals surface area contributed by atoms with E-state index in [4.69, 9.17) is 0 Å². The van der Waals surface area contributed by atoms with Crippen LogP contribution in [-0.2, 0) is 9.84 Å². The molecule has 0 saturated carbocycles. The van der Waals surface area contributed by atoms with Crippen LogP contribution in [0.15, 0.2) is 29.2 Å². The molecular formula is C13H19NO2S2. The Kier molecular flexibility index (Phi) is 4.35. The van der Waals surface area contributed by atoms with E-state index in [1.165, 1.54) is 0 Å². The van der Waals surface area contributed by atoms with Gasteiger partial charge in [-0.1, -0.05) is 18.2 Å². The molecule has 1 N–H and O–H groups in total. The van der Waals surface area contributed by atoms with Crippen LogP contribution in [0.5, 0.6) is 0 Å². The molecule has 0 saturated heterocycles. The van der Waals surface area contributed by atoms with Crippen LogP contribution >= 0.6 is 11.8 Å². The van der Waals surface area contributed by atoms with E-state index in [2.05, 4.69) is 18.5 Å². The quantitative estimate of drug-likeness (QED) is 0.921. The number of sulfone groups is 1. The van der Waals surface area contributed by atoms with E-state index in [1.54, 1.807) is 23.9 Å². The number of fused-ring (bicyclic) bond motifs is 1. The average Bonchev–Trinajstić information content (AvgIpc) is 2.34. The van der Waals surface area contributed by atoms with E-state index in [1.807, 2.05) is 12.1 Å². The third-order valence-electron chi connectivity index (χ3n) is 3.21. The summed E-state index contributed by atoms with van der Waals surface area (Å²) in [6, 6.07) is 7.90. The molecule has 2 atom stereocenters. The predicted molar refractivity (Wildman–Crippen MR) is 76.8 cm³/mol. The van der Waals surface area contributed by atoms with Gasteiger partial charge < -0.3 is 5.32 Å². The maximum atomic E-state index is 12.0. The summed E-state index contributed by atoms with van der Waals surface area (Å²) in [6.45, 7) is 2.14. The summed E-state index contributed by atoms with van der Waals surface area (Å²) in [6.07, 6.45) is 2.75. The van der Waals surface area contributed by atoms with E-state index in [0.717, 1.165) is 11.3 Å². The van der Waals surface area contributed by atoms with Crippen LogP contribution in [0.2, 0.25) is 0 Å². The fraction of sp³-hybridized carbons (Fsp3) is 0.538. The van der Waals surface area contributed by atoms with Gasteiger partial charge in [-0.25, -0.2) is 8.42 Å². The fourth-order valence-electron chi connectivity index (χ4n) is 2.40. The highest BCUT2D eigenvalue weighted by atomic mass is 32.2. The van der Waals surface area contributed by atoms with Gasteiger partial charge in [0.15, 0.2) is 9.84 Å². The second-order valence-electron chi connectivity index (χ2n) is 4.72. The van der Waals surface area contributed by atoms with E-state index < -0.39 is 9.84 Å². The fourth-order valence-corrected chi connectivity index (χ4v) is 4.62. The van der Waals surface area contributed by atoms with Gasteiger partial charge in [-0.2, -0.15) is 11.8 Å². The molecule has 1 aliphatic heterocycles. The molecule has 1 heterocycles. The van der Waals surface area contributed by atoms with Crippen LogP contribution in [0.25, 0.3) is 0 Å². The molecule has 100 valence electrons. The first-order valence-electron chi connectivity index (χ1n) is 6.11. The summed E-state index contributed by atoms with van der Waals surface area (Å²) >= 11 is 1.80. The highest BCUT2D eigenvalue weighted by Crippen LogP contribution is 2.32. The molecule has 1 aromatic rings. The Balaban J connectivity index is 2.26. The van der Waals surface area contributed by atoms with Gasteiger partial charge in [0.05, 0.1) is 10.6 Å². The first-order valence-corrected chi connectivity index (χ1v) is 9.16. The molecule has 0 aromatic heterocycles. The molecule has 0 fully saturated rings. The van der Waals surface area contributed by atoms with Gasteiger partial charge in [0, 0.05) is 17.8 Å². The predicted octanol–water partition coefficient (Wildman–Crippen LogP) is 2.25. The van der Waals surface area contributed by atoms with E-state index in [9.17, 15) is 8.42 Å². The van der Waals surface area contributed by atoms with Crippen molar-refractivity contribution < 1.29 is 8.42 Å². The zero-order chi connectivity index (χ0) is 13.2. The summed E-state index contributed by atoms with van der Waals surface area (Å²) in [5.74, 6) is 1.28. The molecule has 2 rings (SSSR count). The highest BCUT2D eigenvalue weighted by molar-refractivity contribution is 7.98. The number of nitrogens with one attached hydrogen (secondary N) is 1. The SMILES string of the molecule is CSCC(C)NC1CCS(=O)(=O)c2ccccc21. The van der Waals surface area contributed by atoms with Crippen molar-refractivity contribution in [2.45, 2.75) is 30.3 Å². The number of rotatable bonds is 4. The summed E-state index contributed by atoms with van der Waals surface area (Å²) in [5, 5.41) is 3.53. The Labute approximate surface area is 113 Å². The Morgan fingerprint density at radius 1 is 1.44 bits per heavy atom. The Bertz CT molecular complexity index is 513. The lowest BCUT2D eigenvalue weighted by Gasteiger charge is -2.28. The smallest absolute Gasteiger partial charge is 0.178 e. The van der Waals surface area contributed by atoms with Gasteiger partial charge in [-0.3, -0.25) is 0 Å². The summed E-state index contributed by atoms with van der Waals surface area (Å²) in [4.78, 5) is 0.505. The summed E-state index contributed by atoms with van der Waals surface area (Å²) in [7, 11) is -3.07. The van der Waals surface area contributed by atoms with Crippen molar-refractivity contribution in [2.75, 3.05) is 17.8 Å². The third kappa shape index (κ3) is 2.90. The Morgan fingerprint density at radius 3 is 2.89 bits per heavy atom. The lowest BCUT2D eigenvalue weighted by molar-refractivity contribution is 0.453. The van der Waals surface area contributed by atoms with Crippen molar-refractivity contribution in [3.8, 4) is 0 Å². The molecule has 1 aliphatic rings. The van der Waals surface area contributed by atoms with Gasteiger partial charge in [0.25, 0.3) is 0 Å². The minimum atomic E-state index is -3.07. The van der Waals surface area contributed by atoms with Gasteiger partial charge in [-0.05, 0) is 31.2 Å². The van der Waals surface area contributed by atoms with E-state index >= 15 is 0 Å². The first-order chi connectivity index (χ1) is 8.54. The van der Waals surface area contributed by atoms with E-state index in [0.29, 0.717) is 17.4 Å². The van der Waals surface area contributed by atoms with E-state index in [-0.39, 0.29) is 11.8 Å². The normalized spacial score (nSPS) is 23.3. The van der Waals surface area contributed by atoms with Crippen LogP contribution < -0.4 is 5.32 Å².